The van der Waals surface area contributed by atoms with Gasteiger partial charge in [-0.05, 0) is 50.3 Å². The van der Waals surface area contributed by atoms with E-state index in [1.165, 1.54) is 22.3 Å². The highest BCUT2D eigenvalue weighted by atomic mass is 79.9. The molecule has 0 fully saturated rings. The minimum Gasteiger partial charge on any atom is -0.506 e. The Morgan fingerprint density at radius 3 is 2.33 bits per heavy atom. The molecule has 30 heavy (non-hydrogen) atoms. The molecule has 0 bridgehead atoms. The Hall–Kier alpha value is -2.57. The van der Waals surface area contributed by atoms with Crippen LogP contribution in [0, 0.1) is 0 Å². The summed E-state index contributed by atoms with van der Waals surface area (Å²) in [6.07, 6.45) is 3.03. The molecule has 2 N–H and O–H groups in total. The molecule has 4 rings (SSSR count). The highest BCUT2D eigenvalue weighted by Gasteiger charge is 2.28. The number of aromatic hydroxyl groups is 1. The van der Waals surface area contributed by atoms with Gasteiger partial charge in [-0.1, -0.05) is 76.6 Å². The van der Waals surface area contributed by atoms with E-state index in [4.69, 9.17) is 4.74 Å². The molecule has 0 radical (unpaired) electrons. The first-order valence-corrected chi connectivity index (χ1v) is 11.1. The predicted molar refractivity (Wildman–Crippen MR) is 126 cm³/mol. The van der Waals surface area contributed by atoms with Gasteiger partial charge in [0.2, 0.25) is 0 Å². The zero-order valence-electron chi connectivity index (χ0n) is 15.9. The molecule has 0 unspecified atom stereocenters. The summed E-state index contributed by atoms with van der Waals surface area (Å²) in [4.78, 5) is 12.2. The summed E-state index contributed by atoms with van der Waals surface area (Å²) in [5.74, 6) is 0.185. The van der Waals surface area contributed by atoms with Crippen LogP contribution >= 0.6 is 31.9 Å². The Bertz CT molecular complexity index is 1080. The minimum atomic E-state index is -0.471. The maximum Gasteiger partial charge on any atom is 0.407 e. The van der Waals surface area contributed by atoms with Crippen LogP contribution in [-0.2, 0) is 4.74 Å². The molecule has 0 heterocycles. The summed E-state index contributed by atoms with van der Waals surface area (Å²) in [5.41, 5.74) is 5.41. The number of hydrogen-bond acceptors (Lipinski definition) is 3. The van der Waals surface area contributed by atoms with Crippen LogP contribution in [-0.4, -0.2) is 24.4 Å². The van der Waals surface area contributed by atoms with Gasteiger partial charge in [-0.15, -0.1) is 0 Å². The van der Waals surface area contributed by atoms with Gasteiger partial charge in [0.1, 0.15) is 12.4 Å². The van der Waals surface area contributed by atoms with Crippen molar-refractivity contribution in [1.29, 1.82) is 0 Å². The van der Waals surface area contributed by atoms with E-state index in [1.807, 2.05) is 24.3 Å². The molecule has 152 valence electrons. The predicted octanol–water partition coefficient (Wildman–Crippen LogP) is 6.47. The van der Waals surface area contributed by atoms with Gasteiger partial charge in [-0.25, -0.2) is 4.79 Å². The zero-order valence-corrected chi connectivity index (χ0v) is 19.1. The second-order valence-electron chi connectivity index (χ2n) is 6.93. The second-order valence-corrected chi connectivity index (χ2v) is 8.70. The van der Waals surface area contributed by atoms with Crippen LogP contribution < -0.4 is 5.32 Å². The number of ether oxygens (including phenoxy) is 1. The van der Waals surface area contributed by atoms with E-state index in [0.717, 1.165) is 4.47 Å². The molecule has 1 aliphatic carbocycles. The van der Waals surface area contributed by atoms with E-state index in [-0.39, 0.29) is 18.3 Å². The highest BCUT2D eigenvalue weighted by molar-refractivity contribution is 9.11. The average Bonchev–Trinajstić information content (AvgIpc) is 3.07. The molecule has 0 saturated heterocycles. The molecule has 4 nitrogen and oxygen atoms in total. The number of phenols is 1. The van der Waals surface area contributed by atoms with Crippen LogP contribution in [0.5, 0.6) is 5.75 Å². The lowest BCUT2D eigenvalue weighted by atomic mass is 9.98. The molecule has 3 aromatic rings. The summed E-state index contributed by atoms with van der Waals surface area (Å²) >= 11 is 6.69. The molecule has 0 atom stereocenters. The fourth-order valence-electron chi connectivity index (χ4n) is 3.69. The van der Waals surface area contributed by atoms with Crippen molar-refractivity contribution < 1.29 is 14.6 Å². The Labute approximate surface area is 191 Å². The van der Waals surface area contributed by atoms with Gasteiger partial charge in [0.15, 0.2) is 0 Å². The van der Waals surface area contributed by atoms with Gasteiger partial charge in [-0.3, -0.25) is 0 Å². The maximum atomic E-state index is 12.2. The number of benzene rings is 3. The number of phenolic OH excluding ortho intramolecular Hbond substituents is 1. The quantitative estimate of drug-likeness (QED) is 0.399. The number of rotatable bonds is 5. The van der Waals surface area contributed by atoms with Gasteiger partial charge in [0, 0.05) is 22.5 Å². The standard InChI is InChI=1S/C24H19Br2NO3/c25-16-12-15(23(28)22(26)13-16)6-5-11-27-24(29)30-14-21-19-9-3-1-7-17(19)18-8-2-4-10-20(18)21/h1-10,12-13,21,28H,11,14H2,(H,27,29). The zero-order chi connectivity index (χ0) is 21.1. The third-order valence-corrected chi connectivity index (χ3v) is 6.13. The molecule has 0 spiro atoms. The smallest absolute Gasteiger partial charge is 0.407 e. The van der Waals surface area contributed by atoms with Crippen molar-refractivity contribution in [2.24, 2.45) is 0 Å². The molecule has 1 amide bonds. The van der Waals surface area contributed by atoms with E-state index < -0.39 is 6.09 Å². The van der Waals surface area contributed by atoms with E-state index in [1.54, 1.807) is 24.3 Å². The number of hydrogen-bond donors (Lipinski definition) is 2. The van der Waals surface area contributed by atoms with E-state index in [0.29, 0.717) is 16.6 Å². The van der Waals surface area contributed by atoms with Crippen molar-refractivity contribution in [3.8, 4) is 16.9 Å². The van der Waals surface area contributed by atoms with Gasteiger partial charge in [0.25, 0.3) is 0 Å². The SMILES string of the molecule is O=C(NCC=Cc1cc(Br)cc(Br)c1O)OCC1c2ccccc2-c2ccccc21. The molecule has 6 heteroatoms. The summed E-state index contributed by atoms with van der Waals surface area (Å²) in [7, 11) is 0. The Morgan fingerprint density at radius 2 is 1.67 bits per heavy atom. The van der Waals surface area contributed by atoms with Crippen LogP contribution in [0.15, 0.2) is 75.7 Å². The van der Waals surface area contributed by atoms with Gasteiger partial charge >= 0.3 is 6.09 Å². The lowest BCUT2D eigenvalue weighted by Crippen LogP contribution is -2.26. The van der Waals surface area contributed by atoms with Gasteiger partial charge < -0.3 is 15.2 Å². The molecule has 0 aromatic heterocycles. The first-order valence-electron chi connectivity index (χ1n) is 9.48. The third-order valence-electron chi connectivity index (χ3n) is 5.06. The average molecular weight is 529 g/mol. The van der Waals surface area contributed by atoms with Crippen molar-refractivity contribution >= 4 is 44.0 Å². The number of carbonyl (C=O) groups excluding carboxylic acids is 1. The molecular weight excluding hydrogens is 510 g/mol. The van der Waals surface area contributed by atoms with Gasteiger partial charge in [-0.2, -0.15) is 0 Å². The van der Waals surface area contributed by atoms with Crippen LogP contribution in [0.1, 0.15) is 22.6 Å². The maximum absolute atomic E-state index is 12.2. The number of alkyl carbamates (subject to hydrolysis) is 1. The normalized spacial score (nSPS) is 12.6. The first-order chi connectivity index (χ1) is 14.5. The monoisotopic (exact) mass is 527 g/mol. The highest BCUT2D eigenvalue weighted by Crippen LogP contribution is 2.44. The number of carbonyl (C=O) groups is 1. The second kappa shape index (κ2) is 9.06. The fraction of sp³-hybridized carbons (Fsp3) is 0.125. The molecule has 1 aliphatic rings. The van der Waals surface area contributed by atoms with Crippen molar-refractivity contribution in [1.82, 2.24) is 5.32 Å². The molecule has 0 saturated carbocycles. The molecule has 3 aromatic carbocycles. The minimum absolute atomic E-state index is 0.0367. The van der Waals surface area contributed by atoms with Gasteiger partial charge in [0.05, 0.1) is 4.47 Å². The number of fused-ring (bicyclic) bond motifs is 3. The fourth-order valence-corrected chi connectivity index (χ4v) is 4.95. The van der Waals surface area contributed by atoms with Crippen molar-refractivity contribution in [3.05, 3.63) is 92.4 Å². The Morgan fingerprint density at radius 1 is 1.03 bits per heavy atom. The van der Waals surface area contributed by atoms with Crippen molar-refractivity contribution in [2.45, 2.75) is 5.92 Å². The van der Waals surface area contributed by atoms with E-state index >= 15 is 0 Å². The number of amides is 1. The van der Waals surface area contributed by atoms with Crippen LogP contribution in [0.2, 0.25) is 0 Å². The Balaban J connectivity index is 1.35. The Kier molecular flexibility index (Phi) is 6.25. The number of halogens is 2. The molecule has 0 aliphatic heterocycles. The summed E-state index contributed by atoms with van der Waals surface area (Å²) < 4.78 is 6.95. The van der Waals surface area contributed by atoms with Crippen LogP contribution in [0.4, 0.5) is 4.79 Å². The van der Waals surface area contributed by atoms with Crippen molar-refractivity contribution in [2.75, 3.05) is 13.2 Å². The van der Waals surface area contributed by atoms with Crippen LogP contribution in [0.3, 0.4) is 0 Å². The summed E-state index contributed by atoms with van der Waals surface area (Å²) in [6.45, 7) is 0.573. The van der Waals surface area contributed by atoms with Crippen LogP contribution in [0.25, 0.3) is 17.2 Å². The summed E-state index contributed by atoms with van der Waals surface area (Å²) in [6, 6.07) is 20.0. The molecular formula is C24H19Br2NO3. The topological polar surface area (TPSA) is 58.6 Å². The van der Waals surface area contributed by atoms with Crippen molar-refractivity contribution in [3.63, 3.8) is 0 Å². The number of nitrogens with one attached hydrogen (secondary N) is 1. The van der Waals surface area contributed by atoms with E-state index in [2.05, 4.69) is 61.4 Å². The first kappa shape index (κ1) is 20.7. The largest absolute Gasteiger partial charge is 0.506 e. The third kappa shape index (κ3) is 4.30. The lowest BCUT2D eigenvalue weighted by molar-refractivity contribution is 0.144. The van der Waals surface area contributed by atoms with E-state index in [9.17, 15) is 9.90 Å². The lowest BCUT2D eigenvalue weighted by Gasteiger charge is -2.14. The summed E-state index contributed by atoms with van der Waals surface area (Å²) in [5, 5.41) is 12.8.